The fraction of sp³-hybridized carbons (Fsp3) is 0.188. The van der Waals surface area contributed by atoms with Gasteiger partial charge in [-0.3, -0.25) is 0 Å². The van der Waals surface area contributed by atoms with Gasteiger partial charge in [-0.25, -0.2) is 4.79 Å². The fourth-order valence-corrected chi connectivity index (χ4v) is 1.81. The number of benzene rings is 2. The smallest absolute Gasteiger partial charge is 0.335 e. The summed E-state index contributed by atoms with van der Waals surface area (Å²) >= 11 is 0. The zero-order chi connectivity index (χ0) is 14.4. The Morgan fingerprint density at radius 3 is 2.45 bits per heavy atom. The van der Waals surface area contributed by atoms with E-state index in [1.54, 1.807) is 12.1 Å². The molecule has 0 heterocycles. The van der Waals surface area contributed by atoms with Crippen molar-refractivity contribution in [1.82, 2.24) is 0 Å². The number of ether oxygens (including phenoxy) is 1. The molecule has 2 aromatic rings. The molecule has 0 saturated heterocycles. The molecule has 0 amide bonds. The van der Waals surface area contributed by atoms with Gasteiger partial charge in [0.05, 0.1) is 0 Å². The summed E-state index contributed by atoms with van der Waals surface area (Å²) in [5.41, 5.74) is 1.54. The largest absolute Gasteiger partial charge is 0.508 e. The van der Waals surface area contributed by atoms with Crippen molar-refractivity contribution >= 4 is 5.97 Å². The number of rotatable bonds is 5. The monoisotopic (exact) mass is 272 g/mol. The van der Waals surface area contributed by atoms with Crippen molar-refractivity contribution in [2.75, 3.05) is 0 Å². The number of hydrogen-bond donors (Lipinski definition) is 2. The van der Waals surface area contributed by atoms with Crippen LogP contribution in [0.4, 0.5) is 0 Å². The fourth-order valence-electron chi connectivity index (χ4n) is 1.81. The second kappa shape index (κ2) is 6.73. The number of aromatic hydroxyl groups is 1. The van der Waals surface area contributed by atoms with E-state index in [2.05, 4.69) is 0 Å². The van der Waals surface area contributed by atoms with Crippen LogP contribution in [0, 0.1) is 0 Å². The average Bonchev–Trinajstić information content (AvgIpc) is 2.46. The van der Waals surface area contributed by atoms with E-state index >= 15 is 0 Å². The maximum atomic E-state index is 11.7. The molecule has 0 spiro atoms. The zero-order valence-electron chi connectivity index (χ0n) is 10.9. The molecule has 4 heteroatoms. The first-order valence-corrected chi connectivity index (χ1v) is 6.31. The van der Waals surface area contributed by atoms with Gasteiger partial charge in [0.15, 0.2) is 6.10 Å². The standard InChI is InChI=1S/C16H16O4/c17-14-8-4-7-13(9-14)10-15(18)16(19)20-11-12-5-2-1-3-6-12/h1-9,15,17-18H,10-11H2. The first kappa shape index (κ1) is 14.1. The minimum Gasteiger partial charge on any atom is -0.508 e. The summed E-state index contributed by atoms with van der Waals surface area (Å²) < 4.78 is 5.04. The predicted molar refractivity (Wildman–Crippen MR) is 74.1 cm³/mol. The van der Waals surface area contributed by atoms with Crippen LogP contribution in [0.1, 0.15) is 11.1 Å². The summed E-state index contributed by atoms with van der Waals surface area (Å²) in [6.07, 6.45) is -1.12. The van der Waals surface area contributed by atoms with Crippen molar-refractivity contribution < 1.29 is 19.7 Å². The molecule has 2 N–H and O–H groups in total. The van der Waals surface area contributed by atoms with Gasteiger partial charge in [-0.1, -0.05) is 42.5 Å². The highest BCUT2D eigenvalue weighted by molar-refractivity contribution is 5.74. The lowest BCUT2D eigenvalue weighted by atomic mass is 10.1. The lowest BCUT2D eigenvalue weighted by Gasteiger charge is -2.11. The van der Waals surface area contributed by atoms with Gasteiger partial charge >= 0.3 is 5.97 Å². The lowest BCUT2D eigenvalue weighted by Crippen LogP contribution is -2.25. The Labute approximate surface area is 117 Å². The van der Waals surface area contributed by atoms with Gasteiger partial charge in [0.2, 0.25) is 0 Å². The summed E-state index contributed by atoms with van der Waals surface area (Å²) in [7, 11) is 0. The van der Waals surface area contributed by atoms with E-state index in [-0.39, 0.29) is 18.8 Å². The number of phenolic OH excluding ortho intramolecular Hbond substituents is 1. The second-order valence-corrected chi connectivity index (χ2v) is 4.48. The Morgan fingerprint density at radius 2 is 1.75 bits per heavy atom. The van der Waals surface area contributed by atoms with Crippen molar-refractivity contribution in [3.05, 3.63) is 65.7 Å². The maximum absolute atomic E-state index is 11.7. The summed E-state index contributed by atoms with van der Waals surface area (Å²) in [5.74, 6) is -0.565. The molecule has 1 atom stereocenters. The van der Waals surface area contributed by atoms with Crippen LogP contribution in [0.3, 0.4) is 0 Å². The predicted octanol–water partition coefficient (Wildman–Crippen LogP) is 2.04. The third-order valence-corrected chi connectivity index (χ3v) is 2.84. The summed E-state index contributed by atoms with van der Waals surface area (Å²) in [4.78, 5) is 11.7. The van der Waals surface area contributed by atoms with Crippen molar-refractivity contribution in [2.24, 2.45) is 0 Å². The van der Waals surface area contributed by atoms with E-state index in [0.29, 0.717) is 5.56 Å². The van der Waals surface area contributed by atoms with Crippen LogP contribution >= 0.6 is 0 Å². The number of esters is 1. The number of hydrogen-bond acceptors (Lipinski definition) is 4. The summed E-state index contributed by atoms with van der Waals surface area (Å²) in [6.45, 7) is 0.136. The minimum atomic E-state index is -1.24. The van der Waals surface area contributed by atoms with Gasteiger partial charge in [0.25, 0.3) is 0 Å². The van der Waals surface area contributed by atoms with E-state index in [1.165, 1.54) is 12.1 Å². The molecule has 0 aliphatic rings. The van der Waals surface area contributed by atoms with Gasteiger partial charge in [-0.2, -0.15) is 0 Å². The molecular weight excluding hydrogens is 256 g/mol. The Kier molecular flexibility index (Phi) is 4.74. The van der Waals surface area contributed by atoms with Crippen LogP contribution in [0.15, 0.2) is 54.6 Å². The van der Waals surface area contributed by atoms with E-state index in [4.69, 9.17) is 4.74 Å². The molecule has 2 aromatic carbocycles. The Bertz CT molecular complexity index is 566. The number of aliphatic hydroxyl groups is 1. The maximum Gasteiger partial charge on any atom is 0.335 e. The molecule has 20 heavy (non-hydrogen) atoms. The van der Waals surface area contributed by atoms with E-state index in [0.717, 1.165) is 5.56 Å². The molecule has 0 saturated carbocycles. The third kappa shape index (κ3) is 4.10. The Balaban J connectivity index is 1.86. The number of carbonyl (C=O) groups is 1. The molecule has 0 radical (unpaired) electrons. The lowest BCUT2D eigenvalue weighted by molar-refractivity contribution is -0.154. The first-order valence-electron chi connectivity index (χ1n) is 6.31. The molecule has 2 rings (SSSR count). The van der Waals surface area contributed by atoms with Gasteiger partial charge in [0.1, 0.15) is 12.4 Å². The molecule has 0 aromatic heterocycles. The molecule has 0 aliphatic carbocycles. The Hall–Kier alpha value is -2.33. The number of carbonyl (C=O) groups excluding carboxylic acids is 1. The number of aliphatic hydroxyl groups excluding tert-OH is 1. The van der Waals surface area contributed by atoms with Gasteiger partial charge in [0, 0.05) is 6.42 Å². The van der Waals surface area contributed by atoms with Crippen LogP contribution < -0.4 is 0 Å². The quantitative estimate of drug-likeness (QED) is 0.817. The summed E-state index contributed by atoms with van der Waals surface area (Å²) in [6, 6.07) is 15.7. The van der Waals surface area contributed by atoms with E-state index < -0.39 is 12.1 Å². The van der Waals surface area contributed by atoms with Crippen LogP contribution in [-0.4, -0.2) is 22.3 Å². The van der Waals surface area contributed by atoms with Crippen molar-refractivity contribution in [1.29, 1.82) is 0 Å². The van der Waals surface area contributed by atoms with Crippen LogP contribution in [0.2, 0.25) is 0 Å². The first-order chi connectivity index (χ1) is 9.65. The molecule has 0 fully saturated rings. The average molecular weight is 272 g/mol. The van der Waals surface area contributed by atoms with Gasteiger partial charge in [-0.15, -0.1) is 0 Å². The molecule has 4 nitrogen and oxygen atoms in total. The highest BCUT2D eigenvalue weighted by atomic mass is 16.5. The topological polar surface area (TPSA) is 66.8 Å². The summed E-state index contributed by atoms with van der Waals surface area (Å²) in [5, 5.41) is 19.1. The minimum absolute atomic E-state index is 0.104. The highest BCUT2D eigenvalue weighted by Crippen LogP contribution is 2.13. The Morgan fingerprint density at radius 1 is 1.05 bits per heavy atom. The normalized spacial score (nSPS) is 11.8. The van der Waals surface area contributed by atoms with E-state index in [9.17, 15) is 15.0 Å². The molecule has 104 valence electrons. The van der Waals surface area contributed by atoms with Crippen LogP contribution in [0.5, 0.6) is 5.75 Å². The SMILES string of the molecule is O=C(OCc1ccccc1)C(O)Cc1cccc(O)c1. The molecular formula is C16H16O4. The molecule has 1 unspecified atom stereocenters. The van der Waals surface area contributed by atoms with Crippen molar-refractivity contribution in [3.63, 3.8) is 0 Å². The second-order valence-electron chi connectivity index (χ2n) is 4.48. The van der Waals surface area contributed by atoms with Gasteiger partial charge < -0.3 is 14.9 Å². The number of phenols is 1. The van der Waals surface area contributed by atoms with Crippen molar-refractivity contribution in [2.45, 2.75) is 19.1 Å². The molecule has 0 bridgehead atoms. The zero-order valence-corrected chi connectivity index (χ0v) is 10.9. The molecule has 0 aliphatic heterocycles. The van der Waals surface area contributed by atoms with Crippen LogP contribution in [-0.2, 0) is 22.6 Å². The highest BCUT2D eigenvalue weighted by Gasteiger charge is 2.17. The van der Waals surface area contributed by atoms with Crippen LogP contribution in [0.25, 0.3) is 0 Å². The van der Waals surface area contributed by atoms with Gasteiger partial charge in [-0.05, 0) is 23.3 Å². The van der Waals surface area contributed by atoms with Crippen molar-refractivity contribution in [3.8, 4) is 5.75 Å². The third-order valence-electron chi connectivity index (χ3n) is 2.84. The van der Waals surface area contributed by atoms with E-state index in [1.807, 2.05) is 30.3 Å².